The minimum atomic E-state index is 1.05. The summed E-state index contributed by atoms with van der Waals surface area (Å²) in [5.74, 6) is 0. The van der Waals surface area contributed by atoms with E-state index in [9.17, 15) is 0 Å². The summed E-state index contributed by atoms with van der Waals surface area (Å²) in [6, 6.07) is 2.25. The number of aromatic nitrogens is 2. The van der Waals surface area contributed by atoms with Gasteiger partial charge in [-0.2, -0.15) is 5.10 Å². The van der Waals surface area contributed by atoms with Crippen LogP contribution in [0.1, 0.15) is 57.8 Å². The predicted octanol–water partition coefficient (Wildman–Crippen LogP) is 3.59. The lowest BCUT2D eigenvalue weighted by atomic mass is 10.2. The van der Waals surface area contributed by atoms with E-state index < -0.39 is 0 Å². The summed E-state index contributed by atoms with van der Waals surface area (Å²) in [4.78, 5) is 0. The molecule has 1 heterocycles. The minimum absolute atomic E-state index is 1.05. The van der Waals surface area contributed by atoms with Crippen LogP contribution < -0.4 is 0 Å². The van der Waals surface area contributed by atoms with Crippen molar-refractivity contribution in [1.82, 2.24) is 9.78 Å². The highest BCUT2D eigenvalue weighted by Gasteiger charge is 2.04. The zero-order valence-electron chi connectivity index (χ0n) is 10.4. The molecule has 0 aliphatic heterocycles. The fourth-order valence-electron chi connectivity index (χ4n) is 1.85. The van der Waals surface area contributed by atoms with E-state index in [4.69, 9.17) is 0 Å². The van der Waals surface area contributed by atoms with Crippen LogP contribution in [0.15, 0.2) is 6.07 Å². The number of rotatable bonds is 7. The molecule has 1 rings (SSSR count). The van der Waals surface area contributed by atoms with E-state index >= 15 is 0 Å². The van der Waals surface area contributed by atoms with Crippen LogP contribution in [0.5, 0.6) is 0 Å². The summed E-state index contributed by atoms with van der Waals surface area (Å²) in [6.45, 7) is 7.73. The Labute approximate surface area is 93.7 Å². The molecule has 1 aromatic rings. The lowest BCUT2D eigenvalue weighted by Crippen LogP contribution is -2.04. The Morgan fingerprint density at radius 2 is 1.87 bits per heavy atom. The highest BCUT2D eigenvalue weighted by molar-refractivity contribution is 5.10. The van der Waals surface area contributed by atoms with E-state index in [1.54, 1.807) is 0 Å². The van der Waals surface area contributed by atoms with Crippen molar-refractivity contribution >= 4 is 0 Å². The molecule has 0 aliphatic rings. The van der Waals surface area contributed by atoms with Crippen molar-refractivity contribution in [2.24, 2.45) is 0 Å². The molecule has 0 atom stereocenters. The maximum Gasteiger partial charge on any atom is 0.0624 e. The van der Waals surface area contributed by atoms with Crippen LogP contribution in [0.4, 0.5) is 0 Å². The number of aryl methyl sites for hydroxylation is 3. The van der Waals surface area contributed by atoms with E-state index in [0.29, 0.717) is 0 Å². The molecule has 2 nitrogen and oxygen atoms in total. The third-order valence-electron chi connectivity index (χ3n) is 2.86. The van der Waals surface area contributed by atoms with Gasteiger partial charge in [0.05, 0.1) is 5.69 Å². The first-order valence-electron chi connectivity index (χ1n) is 6.37. The monoisotopic (exact) mass is 208 g/mol. The third kappa shape index (κ3) is 3.69. The maximum absolute atomic E-state index is 4.61. The van der Waals surface area contributed by atoms with Gasteiger partial charge < -0.3 is 0 Å². The molecule has 0 unspecified atom stereocenters. The quantitative estimate of drug-likeness (QED) is 0.626. The van der Waals surface area contributed by atoms with E-state index in [-0.39, 0.29) is 0 Å². The van der Waals surface area contributed by atoms with Crippen LogP contribution in [0.2, 0.25) is 0 Å². The number of hydrogen-bond acceptors (Lipinski definition) is 1. The van der Waals surface area contributed by atoms with Gasteiger partial charge >= 0.3 is 0 Å². The molecule has 0 spiro atoms. The molecule has 0 saturated heterocycles. The van der Waals surface area contributed by atoms with Crippen molar-refractivity contribution in [3.8, 4) is 0 Å². The minimum Gasteiger partial charge on any atom is -0.269 e. The molecule has 1 aromatic heterocycles. The second kappa shape index (κ2) is 6.65. The molecule has 0 radical (unpaired) electrons. The first-order valence-corrected chi connectivity index (χ1v) is 6.37. The van der Waals surface area contributed by atoms with Crippen LogP contribution in [0.3, 0.4) is 0 Å². The Balaban J connectivity index is 2.47. The highest BCUT2D eigenvalue weighted by Crippen LogP contribution is 2.09. The zero-order valence-corrected chi connectivity index (χ0v) is 10.4. The van der Waals surface area contributed by atoms with E-state index in [1.807, 2.05) is 0 Å². The Morgan fingerprint density at radius 3 is 2.47 bits per heavy atom. The average molecular weight is 208 g/mol. The van der Waals surface area contributed by atoms with Crippen LogP contribution >= 0.6 is 0 Å². The van der Waals surface area contributed by atoms with E-state index in [2.05, 4.69) is 36.6 Å². The van der Waals surface area contributed by atoms with Gasteiger partial charge in [-0.15, -0.1) is 0 Å². The second-order valence-electron chi connectivity index (χ2n) is 4.12. The lowest BCUT2D eigenvalue weighted by molar-refractivity contribution is 0.522. The van der Waals surface area contributed by atoms with Gasteiger partial charge in [0.2, 0.25) is 0 Å². The molecule has 15 heavy (non-hydrogen) atoms. The van der Waals surface area contributed by atoms with Gasteiger partial charge in [-0.05, 0) is 25.3 Å². The number of hydrogen-bond donors (Lipinski definition) is 0. The Bertz CT molecular complexity index is 276. The Morgan fingerprint density at radius 1 is 1.07 bits per heavy atom. The van der Waals surface area contributed by atoms with Crippen LogP contribution in [-0.4, -0.2) is 9.78 Å². The van der Waals surface area contributed by atoms with E-state index in [0.717, 1.165) is 19.4 Å². The van der Waals surface area contributed by atoms with Crippen molar-refractivity contribution in [2.75, 3.05) is 0 Å². The molecule has 0 amide bonds. The molecular formula is C13H24N2. The van der Waals surface area contributed by atoms with Crippen molar-refractivity contribution in [2.45, 2.75) is 65.8 Å². The van der Waals surface area contributed by atoms with Gasteiger partial charge in [0.25, 0.3) is 0 Å². The normalized spacial score (nSPS) is 10.9. The van der Waals surface area contributed by atoms with Crippen molar-refractivity contribution in [1.29, 1.82) is 0 Å². The number of unbranched alkanes of at least 4 members (excludes halogenated alkanes) is 3. The van der Waals surface area contributed by atoms with Crippen LogP contribution in [0, 0.1) is 0 Å². The number of nitrogens with zero attached hydrogens (tertiary/aromatic N) is 2. The van der Waals surface area contributed by atoms with Gasteiger partial charge in [0.15, 0.2) is 0 Å². The largest absolute Gasteiger partial charge is 0.269 e. The third-order valence-corrected chi connectivity index (χ3v) is 2.86. The predicted molar refractivity (Wildman–Crippen MR) is 65.1 cm³/mol. The zero-order chi connectivity index (χ0) is 11.1. The maximum atomic E-state index is 4.61. The summed E-state index contributed by atoms with van der Waals surface area (Å²) in [5.41, 5.74) is 2.63. The van der Waals surface area contributed by atoms with E-state index in [1.165, 1.54) is 37.1 Å². The summed E-state index contributed by atoms with van der Waals surface area (Å²) >= 11 is 0. The van der Waals surface area contributed by atoms with Crippen molar-refractivity contribution < 1.29 is 0 Å². The smallest absolute Gasteiger partial charge is 0.0624 e. The summed E-state index contributed by atoms with van der Waals surface area (Å²) in [6.07, 6.45) is 7.41. The van der Waals surface area contributed by atoms with Gasteiger partial charge in [0, 0.05) is 12.2 Å². The van der Waals surface area contributed by atoms with Gasteiger partial charge in [-0.25, -0.2) is 0 Å². The lowest BCUT2D eigenvalue weighted by Gasteiger charge is -2.04. The molecule has 0 saturated carbocycles. The van der Waals surface area contributed by atoms with Crippen LogP contribution in [-0.2, 0) is 19.4 Å². The fourth-order valence-corrected chi connectivity index (χ4v) is 1.85. The molecule has 0 N–H and O–H groups in total. The standard InChI is InChI=1S/C13H24N2/c1-4-7-8-9-10-15-13(6-3)11-12(5-2)14-15/h11H,4-10H2,1-3H3. The molecular weight excluding hydrogens is 184 g/mol. The Hall–Kier alpha value is -0.790. The molecule has 0 aromatic carbocycles. The SMILES string of the molecule is CCCCCCn1nc(CC)cc1CC. The molecule has 0 fully saturated rings. The van der Waals surface area contributed by atoms with Crippen molar-refractivity contribution in [3.05, 3.63) is 17.5 Å². The molecule has 0 aliphatic carbocycles. The molecule has 2 heteroatoms. The van der Waals surface area contributed by atoms with Gasteiger partial charge in [-0.3, -0.25) is 4.68 Å². The van der Waals surface area contributed by atoms with Crippen LogP contribution in [0.25, 0.3) is 0 Å². The van der Waals surface area contributed by atoms with Gasteiger partial charge in [0.1, 0.15) is 0 Å². The first kappa shape index (κ1) is 12.3. The summed E-state index contributed by atoms with van der Waals surface area (Å²) < 4.78 is 2.20. The topological polar surface area (TPSA) is 17.8 Å². The Kier molecular flexibility index (Phi) is 5.44. The average Bonchev–Trinajstić information content (AvgIpc) is 2.67. The fraction of sp³-hybridized carbons (Fsp3) is 0.769. The van der Waals surface area contributed by atoms with Crippen molar-refractivity contribution in [3.63, 3.8) is 0 Å². The summed E-state index contributed by atoms with van der Waals surface area (Å²) in [5, 5.41) is 4.61. The highest BCUT2D eigenvalue weighted by atomic mass is 15.3. The second-order valence-corrected chi connectivity index (χ2v) is 4.12. The summed E-state index contributed by atoms with van der Waals surface area (Å²) in [7, 11) is 0. The molecule has 86 valence electrons. The molecule has 0 bridgehead atoms. The first-order chi connectivity index (χ1) is 7.31. The van der Waals surface area contributed by atoms with Gasteiger partial charge in [-0.1, -0.05) is 40.0 Å².